The molecule has 0 amide bonds. The Morgan fingerprint density at radius 1 is 1.06 bits per heavy atom. The first-order chi connectivity index (χ1) is 15.8. The molecule has 2 heterocycles. The lowest BCUT2D eigenvalue weighted by molar-refractivity contribution is -0.231. The van der Waals surface area contributed by atoms with Crippen LogP contribution in [0.15, 0.2) is 0 Å². The summed E-state index contributed by atoms with van der Waals surface area (Å²) in [6.45, 7) is 12.3. The van der Waals surface area contributed by atoms with E-state index in [0.29, 0.717) is 25.2 Å². The van der Waals surface area contributed by atoms with Crippen LogP contribution >= 0.6 is 0 Å². The predicted molar refractivity (Wildman–Crippen MR) is 130 cm³/mol. The zero-order chi connectivity index (χ0) is 25.6. The summed E-state index contributed by atoms with van der Waals surface area (Å²) in [7, 11) is 3.54. The Kier molecular flexibility index (Phi) is 11.2. The number of carbonyl (C=O) groups is 1. The fraction of sp³-hybridized carbons (Fsp3) is 0.962. The Bertz CT molecular complexity index is 620. The molecule has 2 aliphatic heterocycles. The Labute approximate surface area is 206 Å². The molecular formula is C26H49NO7. The minimum atomic E-state index is -1.37. The van der Waals surface area contributed by atoms with E-state index in [1.54, 1.807) is 21.0 Å². The zero-order valence-corrected chi connectivity index (χ0v) is 22.5. The fourth-order valence-corrected chi connectivity index (χ4v) is 5.54. The summed E-state index contributed by atoms with van der Waals surface area (Å²) in [6.07, 6.45) is 1.67. The highest BCUT2D eigenvalue weighted by atomic mass is 16.7. The van der Waals surface area contributed by atoms with Gasteiger partial charge >= 0.3 is 5.97 Å². The van der Waals surface area contributed by atoms with Crippen LogP contribution in [0.4, 0.5) is 0 Å². The van der Waals surface area contributed by atoms with Crippen molar-refractivity contribution in [2.45, 2.75) is 116 Å². The summed E-state index contributed by atoms with van der Waals surface area (Å²) in [5.41, 5.74) is -1.37. The van der Waals surface area contributed by atoms with E-state index in [0.717, 1.165) is 19.4 Å². The van der Waals surface area contributed by atoms with E-state index < -0.39 is 35.8 Å². The van der Waals surface area contributed by atoms with Crippen LogP contribution in [0.25, 0.3) is 0 Å². The molecule has 0 aromatic carbocycles. The molecule has 8 nitrogen and oxygen atoms in total. The van der Waals surface area contributed by atoms with E-state index in [-0.39, 0.29) is 31.0 Å². The number of nitrogens with zero attached hydrogens (tertiary/aromatic N) is 1. The number of likely N-dealkylation sites (N-methyl/N-ethyl adjacent to an activating group) is 1. The highest BCUT2D eigenvalue weighted by Gasteiger charge is 2.41. The third-order valence-corrected chi connectivity index (χ3v) is 7.53. The van der Waals surface area contributed by atoms with Gasteiger partial charge in [0.25, 0.3) is 0 Å². The molecule has 200 valence electrons. The monoisotopic (exact) mass is 487 g/mol. The van der Waals surface area contributed by atoms with Gasteiger partial charge in [-0.05, 0) is 72.3 Å². The number of ether oxygens (including phenoxy) is 4. The topological polar surface area (TPSA) is 97.7 Å². The number of cyclic esters (lactones) is 1. The minimum Gasteiger partial charge on any atom is -0.462 e. The van der Waals surface area contributed by atoms with Crippen molar-refractivity contribution in [2.75, 3.05) is 27.3 Å². The number of esters is 1. The second-order valence-electron chi connectivity index (χ2n) is 11.3. The number of hydrogen-bond acceptors (Lipinski definition) is 8. The Hall–Kier alpha value is -0.770. The van der Waals surface area contributed by atoms with Crippen molar-refractivity contribution in [1.82, 2.24) is 4.90 Å². The summed E-state index contributed by atoms with van der Waals surface area (Å²) in [4.78, 5) is 15.2. The molecule has 8 heteroatoms. The molecule has 0 radical (unpaired) electrons. The van der Waals surface area contributed by atoms with Crippen molar-refractivity contribution in [3.63, 3.8) is 0 Å². The average molecular weight is 488 g/mol. The van der Waals surface area contributed by atoms with Gasteiger partial charge in [0.15, 0.2) is 6.29 Å². The van der Waals surface area contributed by atoms with E-state index in [9.17, 15) is 15.0 Å². The Balaban J connectivity index is 2.22. The molecule has 0 aromatic heterocycles. The van der Waals surface area contributed by atoms with Crippen LogP contribution in [0.5, 0.6) is 0 Å². The SMILES string of the molecule is COC1C(C)N(C)C[C@H](C)CC(O)CC[C@H](O[C@H]2CC(C)CC(C)O2)C(C)C(=O)OC[C@@]1(C)O. The Morgan fingerprint density at radius 3 is 2.35 bits per heavy atom. The molecule has 6 unspecified atom stereocenters. The van der Waals surface area contributed by atoms with Gasteiger partial charge in [-0.1, -0.05) is 13.8 Å². The first-order valence-electron chi connectivity index (χ1n) is 12.9. The largest absolute Gasteiger partial charge is 0.462 e. The van der Waals surface area contributed by atoms with Gasteiger partial charge in [-0.25, -0.2) is 0 Å². The van der Waals surface area contributed by atoms with Gasteiger partial charge in [0.2, 0.25) is 0 Å². The third kappa shape index (κ3) is 8.42. The maximum atomic E-state index is 13.0. The van der Waals surface area contributed by atoms with E-state index in [1.807, 2.05) is 20.9 Å². The van der Waals surface area contributed by atoms with Crippen LogP contribution in [0.1, 0.15) is 73.6 Å². The van der Waals surface area contributed by atoms with Crippen molar-refractivity contribution >= 4 is 5.97 Å². The molecule has 0 aromatic rings. The van der Waals surface area contributed by atoms with E-state index in [1.165, 1.54) is 0 Å². The van der Waals surface area contributed by atoms with Gasteiger partial charge in [-0.15, -0.1) is 0 Å². The fourth-order valence-electron chi connectivity index (χ4n) is 5.54. The molecule has 34 heavy (non-hydrogen) atoms. The summed E-state index contributed by atoms with van der Waals surface area (Å²) < 4.78 is 23.6. The number of methoxy groups -OCH3 is 1. The lowest BCUT2D eigenvalue weighted by Gasteiger charge is -2.40. The minimum absolute atomic E-state index is 0.102. The van der Waals surface area contributed by atoms with E-state index >= 15 is 0 Å². The highest BCUT2D eigenvalue weighted by Crippen LogP contribution is 2.30. The third-order valence-electron chi connectivity index (χ3n) is 7.53. The summed E-state index contributed by atoms with van der Waals surface area (Å²) in [5.74, 6) is -0.281. The first-order valence-corrected chi connectivity index (χ1v) is 12.9. The number of aliphatic hydroxyl groups excluding tert-OH is 1. The normalized spacial score (nSPS) is 44.6. The maximum Gasteiger partial charge on any atom is 0.311 e. The lowest BCUT2D eigenvalue weighted by Crippen LogP contribution is -2.56. The summed E-state index contributed by atoms with van der Waals surface area (Å²) in [6, 6.07) is -0.121. The maximum absolute atomic E-state index is 13.0. The quantitative estimate of drug-likeness (QED) is 0.587. The molecule has 0 aliphatic carbocycles. The van der Waals surface area contributed by atoms with Crippen LogP contribution in [0, 0.1) is 17.8 Å². The van der Waals surface area contributed by atoms with Crippen LogP contribution in [-0.4, -0.2) is 90.7 Å². The van der Waals surface area contributed by atoms with Crippen molar-refractivity contribution < 1.29 is 34.0 Å². The molecule has 2 N–H and O–H groups in total. The molecule has 0 bridgehead atoms. The first kappa shape index (κ1) is 29.5. The van der Waals surface area contributed by atoms with E-state index in [4.69, 9.17) is 18.9 Å². The van der Waals surface area contributed by atoms with Crippen molar-refractivity contribution in [3.05, 3.63) is 0 Å². The molecule has 2 rings (SSSR count). The van der Waals surface area contributed by atoms with Crippen LogP contribution in [0.3, 0.4) is 0 Å². The molecule has 2 fully saturated rings. The zero-order valence-electron chi connectivity index (χ0n) is 22.5. The number of rotatable bonds is 3. The lowest BCUT2D eigenvalue weighted by atomic mass is 9.92. The van der Waals surface area contributed by atoms with Crippen LogP contribution in [-0.2, 0) is 23.7 Å². The van der Waals surface area contributed by atoms with Crippen molar-refractivity contribution in [1.29, 1.82) is 0 Å². The van der Waals surface area contributed by atoms with Gasteiger partial charge in [0.1, 0.15) is 18.3 Å². The van der Waals surface area contributed by atoms with E-state index in [2.05, 4.69) is 18.7 Å². The molecule has 0 saturated carbocycles. The smallest absolute Gasteiger partial charge is 0.311 e. The molecule has 0 spiro atoms. The van der Waals surface area contributed by atoms with Gasteiger partial charge in [0, 0.05) is 26.1 Å². The summed E-state index contributed by atoms with van der Waals surface area (Å²) in [5, 5.41) is 21.9. The second kappa shape index (κ2) is 13.0. The number of carbonyl (C=O) groups excluding carboxylic acids is 1. The highest BCUT2D eigenvalue weighted by molar-refractivity contribution is 5.72. The van der Waals surface area contributed by atoms with Crippen LogP contribution < -0.4 is 0 Å². The van der Waals surface area contributed by atoms with Crippen LogP contribution in [0.2, 0.25) is 0 Å². The molecular weight excluding hydrogens is 438 g/mol. The standard InChI is InChI=1S/C26H49NO7/c1-16-11-18(3)33-23(13-16)34-22-10-9-21(28)12-17(2)14-27(7)20(5)24(31-8)26(6,30)15-32-25(29)19(22)4/h16-24,28,30H,9-15H2,1-8H3/t16?,17-,18?,19?,20?,21?,22+,23+,24?,26-/m1/s1. The predicted octanol–water partition coefficient (Wildman–Crippen LogP) is 2.98. The Morgan fingerprint density at radius 2 is 1.74 bits per heavy atom. The number of aliphatic hydroxyl groups is 2. The summed E-state index contributed by atoms with van der Waals surface area (Å²) >= 11 is 0. The molecule has 2 saturated heterocycles. The average Bonchev–Trinajstić information content (AvgIpc) is 2.73. The van der Waals surface area contributed by atoms with Gasteiger partial charge in [-0.3, -0.25) is 4.79 Å². The number of hydrogen-bond donors (Lipinski definition) is 2. The van der Waals surface area contributed by atoms with Gasteiger partial charge in [-0.2, -0.15) is 0 Å². The molecule has 10 atom stereocenters. The van der Waals surface area contributed by atoms with Gasteiger partial charge in [0.05, 0.1) is 24.2 Å². The van der Waals surface area contributed by atoms with Crippen molar-refractivity contribution in [3.8, 4) is 0 Å². The molecule has 2 aliphatic rings. The van der Waals surface area contributed by atoms with Gasteiger partial charge < -0.3 is 34.1 Å². The van der Waals surface area contributed by atoms with Crippen molar-refractivity contribution in [2.24, 2.45) is 17.8 Å². The second-order valence-corrected chi connectivity index (χ2v) is 11.3.